The summed E-state index contributed by atoms with van der Waals surface area (Å²) in [7, 11) is 1.96. The predicted octanol–water partition coefficient (Wildman–Crippen LogP) is 2.56. The summed E-state index contributed by atoms with van der Waals surface area (Å²) in [6.07, 6.45) is 2.24. The third kappa shape index (κ3) is 4.61. The first-order valence-corrected chi connectivity index (χ1v) is 8.53. The number of rotatable bonds is 7. The van der Waals surface area contributed by atoms with E-state index in [0.717, 1.165) is 26.1 Å². The van der Waals surface area contributed by atoms with Crippen LogP contribution < -0.4 is 14.8 Å². The van der Waals surface area contributed by atoms with Crippen molar-refractivity contribution in [2.75, 3.05) is 39.9 Å². The number of amides is 1. The Morgan fingerprint density at radius 1 is 1.26 bits per heavy atom. The second-order valence-corrected chi connectivity index (χ2v) is 5.84. The normalized spacial score (nSPS) is 17.9. The molecule has 1 heterocycles. The molecule has 1 amide bonds. The van der Waals surface area contributed by atoms with Gasteiger partial charge in [0.15, 0.2) is 11.5 Å². The first-order valence-electron chi connectivity index (χ1n) is 8.53. The lowest BCUT2D eigenvalue weighted by Crippen LogP contribution is -2.42. The number of nitrogens with one attached hydrogen (secondary N) is 1. The lowest BCUT2D eigenvalue weighted by molar-refractivity contribution is 0.0673. The van der Waals surface area contributed by atoms with Gasteiger partial charge in [0.2, 0.25) is 0 Å². The van der Waals surface area contributed by atoms with Crippen LogP contribution in [0.25, 0.3) is 0 Å². The number of hydrogen-bond acceptors (Lipinski definition) is 4. The summed E-state index contributed by atoms with van der Waals surface area (Å²) in [6, 6.07) is 5.47. The Morgan fingerprint density at radius 3 is 2.70 bits per heavy atom. The van der Waals surface area contributed by atoms with Crippen LogP contribution in [0.1, 0.15) is 37.0 Å². The minimum absolute atomic E-state index is 0.0785. The molecule has 1 aromatic carbocycles. The minimum Gasteiger partial charge on any atom is -0.490 e. The Hall–Kier alpha value is -1.75. The van der Waals surface area contributed by atoms with Gasteiger partial charge in [-0.3, -0.25) is 4.79 Å². The number of hydrogen-bond donors (Lipinski definition) is 1. The Balaban J connectivity index is 2.13. The van der Waals surface area contributed by atoms with Crippen molar-refractivity contribution in [1.29, 1.82) is 0 Å². The summed E-state index contributed by atoms with van der Waals surface area (Å²) in [5, 5.41) is 3.21. The molecule has 5 nitrogen and oxygen atoms in total. The summed E-state index contributed by atoms with van der Waals surface area (Å²) < 4.78 is 11.2. The molecular formula is C18H28N2O3. The van der Waals surface area contributed by atoms with Crippen LogP contribution in [0.4, 0.5) is 0 Å². The van der Waals surface area contributed by atoms with E-state index in [-0.39, 0.29) is 5.91 Å². The van der Waals surface area contributed by atoms with Gasteiger partial charge >= 0.3 is 0 Å². The zero-order chi connectivity index (χ0) is 16.7. The average Bonchev–Trinajstić information content (AvgIpc) is 2.57. The van der Waals surface area contributed by atoms with Crippen LogP contribution in [0.15, 0.2) is 18.2 Å². The standard InChI is InChI=1S/C18H28N2O3/c1-4-22-16-9-8-15(11-17(16)23-5-2)18(21)20-10-6-7-14(13-20)12-19-3/h8-9,11,14,19H,4-7,10,12-13H2,1-3H3. The monoisotopic (exact) mass is 320 g/mol. The van der Waals surface area contributed by atoms with Gasteiger partial charge in [0, 0.05) is 18.7 Å². The Kier molecular flexibility index (Phi) is 6.71. The molecule has 1 aromatic rings. The van der Waals surface area contributed by atoms with Gasteiger partial charge in [-0.1, -0.05) is 0 Å². The number of benzene rings is 1. The lowest BCUT2D eigenvalue weighted by atomic mass is 9.97. The Morgan fingerprint density at radius 2 is 2.00 bits per heavy atom. The average molecular weight is 320 g/mol. The van der Waals surface area contributed by atoms with Gasteiger partial charge in [-0.05, 0) is 64.4 Å². The number of nitrogens with zero attached hydrogens (tertiary/aromatic N) is 1. The van der Waals surface area contributed by atoms with Crippen molar-refractivity contribution < 1.29 is 14.3 Å². The molecule has 1 aliphatic rings. The van der Waals surface area contributed by atoms with Crippen LogP contribution in [0.2, 0.25) is 0 Å². The molecule has 1 N–H and O–H groups in total. The van der Waals surface area contributed by atoms with Crippen molar-refractivity contribution in [2.24, 2.45) is 5.92 Å². The molecule has 0 aliphatic carbocycles. The topological polar surface area (TPSA) is 50.8 Å². The van der Waals surface area contributed by atoms with Gasteiger partial charge < -0.3 is 19.7 Å². The van der Waals surface area contributed by atoms with Gasteiger partial charge in [-0.25, -0.2) is 0 Å². The SMILES string of the molecule is CCOc1ccc(C(=O)N2CCCC(CNC)C2)cc1OCC. The molecule has 1 aliphatic heterocycles. The molecule has 0 aromatic heterocycles. The number of carbonyl (C=O) groups excluding carboxylic acids is 1. The maximum Gasteiger partial charge on any atom is 0.254 e. The number of piperidine rings is 1. The van der Waals surface area contributed by atoms with E-state index < -0.39 is 0 Å². The fourth-order valence-electron chi connectivity index (χ4n) is 3.07. The first kappa shape index (κ1) is 17.6. The van der Waals surface area contributed by atoms with Gasteiger partial charge in [-0.2, -0.15) is 0 Å². The second kappa shape index (κ2) is 8.77. The van der Waals surface area contributed by atoms with E-state index in [1.165, 1.54) is 6.42 Å². The van der Waals surface area contributed by atoms with Crippen molar-refractivity contribution in [1.82, 2.24) is 10.2 Å². The third-order valence-corrected chi connectivity index (χ3v) is 4.09. The maximum absolute atomic E-state index is 12.8. The lowest BCUT2D eigenvalue weighted by Gasteiger charge is -2.33. The van der Waals surface area contributed by atoms with E-state index in [4.69, 9.17) is 9.47 Å². The molecule has 23 heavy (non-hydrogen) atoms. The van der Waals surface area contributed by atoms with E-state index in [2.05, 4.69) is 5.32 Å². The molecule has 128 valence electrons. The molecule has 1 unspecified atom stereocenters. The van der Waals surface area contributed by atoms with Crippen LogP contribution in [0.5, 0.6) is 11.5 Å². The molecular weight excluding hydrogens is 292 g/mol. The quantitative estimate of drug-likeness (QED) is 0.839. The highest BCUT2D eigenvalue weighted by Crippen LogP contribution is 2.29. The van der Waals surface area contributed by atoms with E-state index in [1.54, 1.807) is 6.07 Å². The van der Waals surface area contributed by atoms with Gasteiger partial charge in [0.1, 0.15) is 0 Å². The molecule has 1 fully saturated rings. The van der Waals surface area contributed by atoms with Crippen LogP contribution in [-0.4, -0.2) is 50.7 Å². The van der Waals surface area contributed by atoms with Crippen molar-refractivity contribution in [3.63, 3.8) is 0 Å². The fraction of sp³-hybridized carbons (Fsp3) is 0.611. The zero-order valence-corrected chi connectivity index (χ0v) is 14.4. The molecule has 0 spiro atoms. The molecule has 5 heteroatoms. The van der Waals surface area contributed by atoms with E-state index in [1.807, 2.05) is 37.9 Å². The smallest absolute Gasteiger partial charge is 0.254 e. The summed E-state index contributed by atoms with van der Waals surface area (Å²) in [6.45, 7) is 7.59. The first-order chi connectivity index (χ1) is 11.2. The van der Waals surface area contributed by atoms with E-state index >= 15 is 0 Å². The second-order valence-electron chi connectivity index (χ2n) is 5.84. The molecule has 2 rings (SSSR count). The summed E-state index contributed by atoms with van der Waals surface area (Å²) >= 11 is 0. The fourth-order valence-corrected chi connectivity index (χ4v) is 3.07. The summed E-state index contributed by atoms with van der Waals surface area (Å²) in [5.74, 6) is 1.95. The summed E-state index contributed by atoms with van der Waals surface area (Å²) in [4.78, 5) is 14.7. The number of carbonyl (C=O) groups is 1. The molecule has 0 saturated carbocycles. The molecule has 0 radical (unpaired) electrons. The van der Waals surface area contributed by atoms with Crippen LogP contribution in [-0.2, 0) is 0 Å². The Labute approximate surface area is 139 Å². The number of likely N-dealkylation sites (tertiary alicyclic amines) is 1. The largest absolute Gasteiger partial charge is 0.490 e. The van der Waals surface area contributed by atoms with Crippen molar-refractivity contribution >= 4 is 5.91 Å². The van der Waals surface area contributed by atoms with E-state index in [0.29, 0.717) is 36.2 Å². The van der Waals surface area contributed by atoms with Crippen LogP contribution in [0, 0.1) is 5.92 Å². The van der Waals surface area contributed by atoms with E-state index in [9.17, 15) is 4.79 Å². The number of ether oxygens (including phenoxy) is 2. The van der Waals surface area contributed by atoms with Crippen molar-refractivity contribution in [3.8, 4) is 11.5 Å². The molecule has 0 bridgehead atoms. The van der Waals surface area contributed by atoms with Gasteiger partial charge in [0.05, 0.1) is 13.2 Å². The van der Waals surface area contributed by atoms with Crippen LogP contribution in [0.3, 0.4) is 0 Å². The highest BCUT2D eigenvalue weighted by Gasteiger charge is 2.24. The highest BCUT2D eigenvalue weighted by atomic mass is 16.5. The Bertz CT molecular complexity index is 517. The van der Waals surface area contributed by atoms with Gasteiger partial charge in [0.25, 0.3) is 5.91 Å². The molecule has 1 atom stereocenters. The summed E-state index contributed by atoms with van der Waals surface area (Å²) in [5.41, 5.74) is 0.669. The predicted molar refractivity (Wildman–Crippen MR) is 91.3 cm³/mol. The van der Waals surface area contributed by atoms with Crippen LogP contribution >= 0.6 is 0 Å². The van der Waals surface area contributed by atoms with Crippen molar-refractivity contribution in [3.05, 3.63) is 23.8 Å². The third-order valence-electron chi connectivity index (χ3n) is 4.09. The minimum atomic E-state index is 0.0785. The zero-order valence-electron chi connectivity index (χ0n) is 14.4. The van der Waals surface area contributed by atoms with Crippen molar-refractivity contribution in [2.45, 2.75) is 26.7 Å². The molecule has 1 saturated heterocycles. The maximum atomic E-state index is 12.8. The van der Waals surface area contributed by atoms with Gasteiger partial charge in [-0.15, -0.1) is 0 Å². The highest BCUT2D eigenvalue weighted by molar-refractivity contribution is 5.95.